The van der Waals surface area contributed by atoms with Gasteiger partial charge in [0, 0.05) is 10.7 Å². The fraction of sp³-hybridized carbons (Fsp3) is 0.286. The summed E-state index contributed by atoms with van der Waals surface area (Å²) in [4.78, 5) is 17.9. The predicted octanol–water partition coefficient (Wildman–Crippen LogP) is 3.99. The molecule has 1 aromatic carbocycles. The van der Waals surface area contributed by atoms with Crippen molar-refractivity contribution in [3.63, 3.8) is 0 Å². The van der Waals surface area contributed by atoms with Gasteiger partial charge in [-0.1, -0.05) is 13.8 Å². The molecule has 0 atom stereocenters. The van der Waals surface area contributed by atoms with Gasteiger partial charge in [0.25, 0.3) is 5.95 Å². The molecule has 0 aliphatic heterocycles. The Morgan fingerprint density at radius 3 is 2.55 bits per heavy atom. The van der Waals surface area contributed by atoms with Gasteiger partial charge >= 0.3 is 0 Å². The zero-order chi connectivity index (χ0) is 16.3. The van der Waals surface area contributed by atoms with Crippen molar-refractivity contribution in [1.82, 2.24) is 9.97 Å². The fourth-order valence-corrected chi connectivity index (χ4v) is 2.52. The highest BCUT2D eigenvalue weighted by atomic mass is 127. The van der Waals surface area contributed by atoms with Crippen molar-refractivity contribution < 1.29 is 9.47 Å². The van der Waals surface area contributed by atoms with Gasteiger partial charge in [-0.05, 0) is 40.6 Å². The number of methoxy groups -OCH3 is 1. The van der Waals surface area contributed by atoms with Gasteiger partial charge in [-0.15, -0.1) is 4.91 Å². The minimum absolute atomic E-state index is 0.0603. The summed E-state index contributed by atoms with van der Waals surface area (Å²) in [5, 5.41) is 2.64. The molecule has 0 aliphatic rings. The normalized spacial score (nSPS) is 10.6. The molecule has 22 heavy (non-hydrogen) atoms. The molecule has 2 rings (SSSR count). The van der Waals surface area contributed by atoms with Crippen molar-refractivity contribution in [2.24, 2.45) is 5.18 Å². The molecule has 7 nitrogen and oxygen atoms in total. The SMILES string of the molecule is COc1cc(C(C)C)c(Oc2cnc(N=O)nc2N)cc1I. The van der Waals surface area contributed by atoms with E-state index in [1.807, 2.05) is 26.0 Å². The second kappa shape index (κ2) is 6.86. The number of ether oxygens (including phenoxy) is 2. The Balaban J connectivity index is 2.44. The lowest BCUT2D eigenvalue weighted by atomic mass is 10.0. The van der Waals surface area contributed by atoms with Crippen molar-refractivity contribution >= 4 is 34.4 Å². The number of rotatable bonds is 5. The van der Waals surface area contributed by atoms with Crippen LogP contribution in [0.4, 0.5) is 11.8 Å². The van der Waals surface area contributed by atoms with Crippen LogP contribution in [0, 0.1) is 8.48 Å². The first-order valence-corrected chi connectivity index (χ1v) is 7.55. The van der Waals surface area contributed by atoms with Gasteiger partial charge in [-0.25, -0.2) is 4.98 Å². The molecule has 0 saturated heterocycles. The van der Waals surface area contributed by atoms with Crippen molar-refractivity contribution in [2.45, 2.75) is 19.8 Å². The lowest BCUT2D eigenvalue weighted by Gasteiger charge is -2.16. The summed E-state index contributed by atoms with van der Waals surface area (Å²) in [5.74, 6) is 1.75. The van der Waals surface area contributed by atoms with E-state index in [1.54, 1.807) is 7.11 Å². The van der Waals surface area contributed by atoms with Crippen LogP contribution in [-0.2, 0) is 0 Å². The molecule has 0 spiro atoms. The van der Waals surface area contributed by atoms with Gasteiger partial charge in [-0.3, -0.25) is 0 Å². The molecule has 8 heteroatoms. The fourth-order valence-electron chi connectivity index (χ4n) is 1.86. The lowest BCUT2D eigenvalue weighted by molar-refractivity contribution is 0.407. The standard InChI is InChI=1S/C14H15IN4O3/c1-7(2)8-4-11(21-3)9(15)5-10(8)22-12-6-17-14(19-20)18-13(12)16/h4-7H,1-3H3,(H2,16,17,18). The van der Waals surface area contributed by atoms with Crippen molar-refractivity contribution in [3.8, 4) is 17.2 Å². The van der Waals surface area contributed by atoms with Gasteiger partial charge < -0.3 is 15.2 Å². The van der Waals surface area contributed by atoms with Gasteiger partial charge in [0.1, 0.15) is 11.5 Å². The van der Waals surface area contributed by atoms with Gasteiger partial charge in [0.15, 0.2) is 11.6 Å². The molecule has 0 bridgehead atoms. The number of nitroso groups, excluding NO2 is 1. The summed E-state index contributed by atoms with van der Waals surface area (Å²) < 4.78 is 12.1. The van der Waals surface area contributed by atoms with E-state index in [4.69, 9.17) is 15.2 Å². The van der Waals surface area contributed by atoms with Gasteiger partial charge in [0.05, 0.1) is 16.9 Å². The second-order valence-electron chi connectivity index (χ2n) is 4.79. The first-order chi connectivity index (χ1) is 10.5. The summed E-state index contributed by atoms with van der Waals surface area (Å²) >= 11 is 2.16. The van der Waals surface area contributed by atoms with Gasteiger partial charge in [0.2, 0.25) is 0 Å². The third-order valence-electron chi connectivity index (χ3n) is 2.98. The van der Waals surface area contributed by atoms with Crippen LogP contribution in [0.2, 0.25) is 0 Å². The van der Waals surface area contributed by atoms with Crippen LogP contribution in [-0.4, -0.2) is 17.1 Å². The smallest absolute Gasteiger partial charge is 0.293 e. The van der Waals surface area contributed by atoms with E-state index in [0.717, 1.165) is 14.9 Å². The number of nitrogen functional groups attached to an aromatic ring is 1. The number of halogens is 1. The summed E-state index contributed by atoms with van der Waals surface area (Å²) in [6.45, 7) is 4.10. The maximum atomic E-state index is 10.4. The molecule has 116 valence electrons. The molecular weight excluding hydrogens is 399 g/mol. The number of aromatic nitrogens is 2. The number of nitrogens with two attached hydrogens (primary N) is 1. The molecule has 2 N–H and O–H groups in total. The Morgan fingerprint density at radius 2 is 2.00 bits per heavy atom. The molecule has 0 amide bonds. The highest BCUT2D eigenvalue weighted by molar-refractivity contribution is 14.1. The van der Waals surface area contributed by atoms with Crippen LogP contribution < -0.4 is 15.2 Å². The lowest BCUT2D eigenvalue weighted by Crippen LogP contribution is -2.01. The van der Waals surface area contributed by atoms with Crippen molar-refractivity contribution in [3.05, 3.63) is 32.4 Å². The van der Waals surface area contributed by atoms with Crippen LogP contribution in [0.3, 0.4) is 0 Å². The van der Waals surface area contributed by atoms with E-state index < -0.39 is 0 Å². The van der Waals surface area contributed by atoms with E-state index in [0.29, 0.717) is 5.75 Å². The van der Waals surface area contributed by atoms with E-state index in [1.165, 1.54) is 6.20 Å². The van der Waals surface area contributed by atoms with Crippen LogP contribution in [0.1, 0.15) is 25.3 Å². The number of nitrogens with zero attached hydrogens (tertiary/aromatic N) is 3. The summed E-state index contributed by atoms with van der Waals surface area (Å²) in [6, 6.07) is 3.79. The second-order valence-corrected chi connectivity index (χ2v) is 5.95. The van der Waals surface area contributed by atoms with E-state index in [9.17, 15) is 4.91 Å². The Morgan fingerprint density at radius 1 is 1.27 bits per heavy atom. The summed E-state index contributed by atoms with van der Waals surface area (Å²) in [7, 11) is 1.62. The van der Waals surface area contributed by atoms with Crippen molar-refractivity contribution in [2.75, 3.05) is 12.8 Å². The topological polar surface area (TPSA) is 99.7 Å². The Bertz CT molecular complexity index is 707. The van der Waals surface area contributed by atoms with E-state index in [-0.39, 0.29) is 23.4 Å². The number of anilines is 1. The number of hydrogen-bond acceptors (Lipinski definition) is 7. The van der Waals surface area contributed by atoms with E-state index >= 15 is 0 Å². The zero-order valence-corrected chi connectivity index (χ0v) is 14.5. The maximum absolute atomic E-state index is 10.4. The summed E-state index contributed by atoms with van der Waals surface area (Å²) in [6.07, 6.45) is 1.33. The Kier molecular flexibility index (Phi) is 5.11. The summed E-state index contributed by atoms with van der Waals surface area (Å²) in [5.41, 5.74) is 6.73. The van der Waals surface area contributed by atoms with Gasteiger partial charge in [-0.2, -0.15) is 4.98 Å². The predicted molar refractivity (Wildman–Crippen MR) is 91.8 cm³/mol. The quantitative estimate of drug-likeness (QED) is 0.587. The number of benzene rings is 1. The van der Waals surface area contributed by atoms with Crippen LogP contribution >= 0.6 is 22.6 Å². The zero-order valence-electron chi connectivity index (χ0n) is 12.3. The van der Waals surface area contributed by atoms with Crippen LogP contribution in [0.25, 0.3) is 0 Å². The Labute approximate surface area is 141 Å². The monoisotopic (exact) mass is 414 g/mol. The minimum atomic E-state index is -0.224. The molecule has 0 saturated carbocycles. The first kappa shape index (κ1) is 16.4. The van der Waals surface area contributed by atoms with Crippen LogP contribution in [0.15, 0.2) is 23.5 Å². The average molecular weight is 414 g/mol. The molecule has 0 fully saturated rings. The first-order valence-electron chi connectivity index (χ1n) is 6.47. The maximum Gasteiger partial charge on any atom is 0.293 e. The third kappa shape index (κ3) is 3.43. The van der Waals surface area contributed by atoms with Crippen molar-refractivity contribution in [1.29, 1.82) is 0 Å². The van der Waals surface area contributed by atoms with Crippen LogP contribution in [0.5, 0.6) is 17.2 Å². The molecule has 0 aliphatic carbocycles. The van der Waals surface area contributed by atoms with E-state index in [2.05, 4.69) is 37.7 Å². The molecule has 1 heterocycles. The largest absolute Gasteiger partial charge is 0.496 e. The molecule has 1 aromatic heterocycles. The molecule has 0 unspecified atom stereocenters. The third-order valence-corrected chi connectivity index (χ3v) is 3.82. The molecule has 2 aromatic rings. The number of hydrogen-bond donors (Lipinski definition) is 1. The molecule has 0 radical (unpaired) electrons. The molecular formula is C14H15IN4O3. The minimum Gasteiger partial charge on any atom is -0.496 e. The highest BCUT2D eigenvalue weighted by Crippen LogP contribution is 2.37. The average Bonchev–Trinajstić information content (AvgIpc) is 2.49. The highest BCUT2D eigenvalue weighted by Gasteiger charge is 2.15. The Hall–Kier alpha value is -1.97.